The third kappa shape index (κ3) is 3.02. The summed E-state index contributed by atoms with van der Waals surface area (Å²) in [5.74, 6) is -0.686. The van der Waals surface area contributed by atoms with E-state index in [0.717, 1.165) is 11.6 Å². The quantitative estimate of drug-likeness (QED) is 0.593. The van der Waals surface area contributed by atoms with Gasteiger partial charge in [0.25, 0.3) is 0 Å². The van der Waals surface area contributed by atoms with Gasteiger partial charge in [0.2, 0.25) is 0 Å². The summed E-state index contributed by atoms with van der Waals surface area (Å²) in [6.07, 6.45) is 3.14. The summed E-state index contributed by atoms with van der Waals surface area (Å²) in [7, 11) is 0. The molecule has 1 nitrogen and oxygen atoms in total. The van der Waals surface area contributed by atoms with Crippen LogP contribution in [0.5, 0.6) is 0 Å². The molecule has 0 N–H and O–H groups in total. The molecule has 0 bridgehead atoms. The van der Waals surface area contributed by atoms with Gasteiger partial charge in [0.1, 0.15) is 5.82 Å². The summed E-state index contributed by atoms with van der Waals surface area (Å²) in [5.41, 5.74) is 1.26. The molecule has 0 fully saturated rings. The number of hydrogen-bond acceptors (Lipinski definition) is 2. The Hall–Kier alpha value is -1.45. The van der Waals surface area contributed by atoms with Crippen molar-refractivity contribution in [2.24, 2.45) is 0 Å². The van der Waals surface area contributed by atoms with Gasteiger partial charge >= 0.3 is 0 Å². The Labute approximate surface area is 107 Å². The second-order valence-electron chi connectivity index (χ2n) is 3.38. The molecular formula is C13H8ClFOS. The van der Waals surface area contributed by atoms with Gasteiger partial charge in [-0.1, -0.05) is 17.7 Å². The molecule has 1 aromatic carbocycles. The van der Waals surface area contributed by atoms with Crippen LogP contribution < -0.4 is 0 Å². The van der Waals surface area contributed by atoms with Gasteiger partial charge in [-0.2, -0.15) is 11.3 Å². The number of benzene rings is 1. The van der Waals surface area contributed by atoms with Crippen LogP contribution in [-0.4, -0.2) is 5.78 Å². The average molecular weight is 267 g/mol. The van der Waals surface area contributed by atoms with Crippen molar-refractivity contribution < 1.29 is 9.18 Å². The number of ketones is 1. The second-order valence-corrected chi connectivity index (χ2v) is 4.57. The first kappa shape index (κ1) is 12.0. The Bertz CT molecular complexity index is 561. The molecule has 0 saturated carbocycles. The number of rotatable bonds is 3. The molecule has 4 heteroatoms. The highest BCUT2D eigenvalue weighted by Crippen LogP contribution is 2.18. The van der Waals surface area contributed by atoms with Gasteiger partial charge in [-0.3, -0.25) is 4.79 Å². The first-order valence-electron chi connectivity index (χ1n) is 4.86. The molecular weight excluding hydrogens is 259 g/mol. The number of thiophene rings is 1. The third-order valence-corrected chi connectivity index (χ3v) is 3.18. The zero-order valence-electron chi connectivity index (χ0n) is 8.69. The molecule has 0 aliphatic carbocycles. The van der Waals surface area contributed by atoms with Crippen LogP contribution in [0.25, 0.3) is 6.08 Å². The lowest BCUT2D eigenvalue weighted by molar-refractivity contribution is 0.104. The lowest BCUT2D eigenvalue weighted by Crippen LogP contribution is -1.95. The zero-order valence-corrected chi connectivity index (χ0v) is 10.3. The maximum atomic E-state index is 12.8. The number of allylic oxidation sites excluding steroid dienone is 1. The highest BCUT2D eigenvalue weighted by atomic mass is 35.5. The van der Waals surface area contributed by atoms with E-state index in [0.29, 0.717) is 5.56 Å². The van der Waals surface area contributed by atoms with Gasteiger partial charge in [0.15, 0.2) is 5.78 Å². The Balaban J connectivity index is 2.20. The van der Waals surface area contributed by atoms with E-state index < -0.39 is 5.82 Å². The monoisotopic (exact) mass is 266 g/mol. The van der Waals surface area contributed by atoms with Crippen molar-refractivity contribution in [1.82, 2.24) is 0 Å². The highest BCUT2D eigenvalue weighted by Gasteiger charge is 2.07. The van der Waals surface area contributed by atoms with E-state index in [1.54, 1.807) is 17.4 Å². The molecule has 0 amide bonds. The number of carbonyl (C=O) groups is 1. The molecule has 86 valence electrons. The standard InChI is InChI=1S/C13H8ClFOS/c14-12-7-10(15)2-3-11(12)13(16)4-1-9-5-6-17-8-9/h1-8H/b4-1+. The van der Waals surface area contributed by atoms with E-state index in [-0.39, 0.29) is 10.8 Å². The van der Waals surface area contributed by atoms with Crippen LogP contribution in [0, 0.1) is 5.82 Å². The minimum absolute atomic E-state index is 0.130. The Morgan fingerprint density at radius 2 is 2.18 bits per heavy atom. The van der Waals surface area contributed by atoms with Crippen molar-refractivity contribution >= 4 is 34.8 Å². The van der Waals surface area contributed by atoms with Crippen LogP contribution >= 0.6 is 22.9 Å². The molecule has 1 heterocycles. The SMILES string of the molecule is O=C(/C=C/c1ccsc1)c1ccc(F)cc1Cl. The van der Waals surface area contributed by atoms with Crippen molar-refractivity contribution in [1.29, 1.82) is 0 Å². The number of hydrogen-bond donors (Lipinski definition) is 0. The predicted molar refractivity (Wildman–Crippen MR) is 69.1 cm³/mol. The summed E-state index contributed by atoms with van der Waals surface area (Å²) >= 11 is 7.35. The first-order valence-corrected chi connectivity index (χ1v) is 6.18. The van der Waals surface area contributed by atoms with Gasteiger partial charge in [0, 0.05) is 5.56 Å². The Kier molecular flexibility index (Phi) is 3.71. The topological polar surface area (TPSA) is 17.1 Å². The van der Waals surface area contributed by atoms with Crippen LogP contribution in [0.4, 0.5) is 4.39 Å². The minimum Gasteiger partial charge on any atom is -0.289 e. The Morgan fingerprint density at radius 3 is 2.82 bits per heavy atom. The van der Waals surface area contributed by atoms with Gasteiger partial charge in [-0.05, 0) is 46.7 Å². The fourth-order valence-electron chi connectivity index (χ4n) is 1.32. The molecule has 0 unspecified atom stereocenters. The molecule has 17 heavy (non-hydrogen) atoms. The minimum atomic E-state index is -0.451. The predicted octanol–water partition coefficient (Wildman–Crippen LogP) is 4.44. The van der Waals surface area contributed by atoms with E-state index in [9.17, 15) is 9.18 Å². The molecule has 0 saturated heterocycles. The lowest BCUT2D eigenvalue weighted by atomic mass is 10.1. The van der Waals surface area contributed by atoms with Gasteiger partial charge in [0.05, 0.1) is 5.02 Å². The van der Waals surface area contributed by atoms with Crippen molar-refractivity contribution in [3.8, 4) is 0 Å². The maximum absolute atomic E-state index is 12.8. The van der Waals surface area contributed by atoms with Crippen LogP contribution in [0.2, 0.25) is 5.02 Å². The molecule has 2 aromatic rings. The molecule has 0 aliphatic heterocycles. The fourth-order valence-corrected chi connectivity index (χ4v) is 2.21. The summed E-state index contributed by atoms with van der Waals surface area (Å²) in [6.45, 7) is 0. The second kappa shape index (κ2) is 5.25. The zero-order chi connectivity index (χ0) is 12.3. The highest BCUT2D eigenvalue weighted by molar-refractivity contribution is 7.08. The van der Waals surface area contributed by atoms with Crippen molar-refractivity contribution in [3.05, 3.63) is 63.1 Å². The lowest BCUT2D eigenvalue weighted by Gasteiger charge is -1.99. The van der Waals surface area contributed by atoms with E-state index >= 15 is 0 Å². The summed E-state index contributed by atoms with van der Waals surface area (Å²) in [5, 5.41) is 3.98. The summed E-state index contributed by atoms with van der Waals surface area (Å²) < 4.78 is 12.8. The Morgan fingerprint density at radius 1 is 1.35 bits per heavy atom. The van der Waals surface area contributed by atoms with Crippen LogP contribution in [0.1, 0.15) is 15.9 Å². The molecule has 0 radical (unpaired) electrons. The molecule has 0 spiro atoms. The van der Waals surface area contributed by atoms with Crippen LogP contribution in [0.3, 0.4) is 0 Å². The third-order valence-electron chi connectivity index (χ3n) is 2.17. The van der Waals surface area contributed by atoms with E-state index in [1.165, 1.54) is 18.2 Å². The van der Waals surface area contributed by atoms with E-state index in [4.69, 9.17) is 11.6 Å². The largest absolute Gasteiger partial charge is 0.289 e. The molecule has 2 rings (SSSR count). The van der Waals surface area contributed by atoms with Crippen LogP contribution in [0.15, 0.2) is 41.1 Å². The molecule has 0 aliphatic rings. The summed E-state index contributed by atoms with van der Waals surface area (Å²) in [4.78, 5) is 11.8. The van der Waals surface area contributed by atoms with Crippen molar-refractivity contribution in [2.45, 2.75) is 0 Å². The normalized spacial score (nSPS) is 10.9. The summed E-state index contributed by atoms with van der Waals surface area (Å²) in [6, 6.07) is 5.64. The average Bonchev–Trinajstić information content (AvgIpc) is 2.78. The van der Waals surface area contributed by atoms with Gasteiger partial charge in [-0.15, -0.1) is 0 Å². The first-order chi connectivity index (χ1) is 8.16. The van der Waals surface area contributed by atoms with E-state index in [2.05, 4.69) is 0 Å². The maximum Gasteiger partial charge on any atom is 0.187 e. The molecule has 0 atom stereocenters. The number of carbonyl (C=O) groups excluding carboxylic acids is 1. The van der Waals surface area contributed by atoms with Crippen molar-refractivity contribution in [2.75, 3.05) is 0 Å². The smallest absolute Gasteiger partial charge is 0.187 e. The van der Waals surface area contributed by atoms with Crippen molar-refractivity contribution in [3.63, 3.8) is 0 Å². The molecule has 1 aromatic heterocycles. The van der Waals surface area contributed by atoms with Gasteiger partial charge in [-0.25, -0.2) is 4.39 Å². The van der Waals surface area contributed by atoms with E-state index in [1.807, 2.05) is 16.8 Å². The van der Waals surface area contributed by atoms with Gasteiger partial charge < -0.3 is 0 Å². The fraction of sp³-hybridized carbons (Fsp3) is 0. The van der Waals surface area contributed by atoms with Crippen LogP contribution in [-0.2, 0) is 0 Å². The number of halogens is 2.